The Morgan fingerprint density at radius 2 is 2.04 bits per heavy atom. The molecule has 1 fully saturated rings. The molecule has 0 atom stereocenters. The quantitative estimate of drug-likeness (QED) is 0.865. The molecule has 0 bridgehead atoms. The number of aryl methyl sites for hydroxylation is 2. The van der Waals surface area contributed by atoms with Gasteiger partial charge in [0.25, 0.3) is 0 Å². The van der Waals surface area contributed by atoms with E-state index in [2.05, 4.69) is 15.4 Å². The number of carbonyl (C=O) groups is 2. The summed E-state index contributed by atoms with van der Waals surface area (Å²) >= 11 is 0. The molecule has 2 aromatic rings. The topological polar surface area (TPSA) is 86.1 Å². The summed E-state index contributed by atoms with van der Waals surface area (Å²) in [6.45, 7) is 3.70. The lowest BCUT2D eigenvalue weighted by atomic mass is 10.1. The van der Waals surface area contributed by atoms with Gasteiger partial charge in [-0.05, 0) is 32.8 Å². The number of nitrogens with one attached hydrogen (secondary N) is 1. The Morgan fingerprint density at radius 1 is 1.33 bits per heavy atom. The molecule has 7 nitrogen and oxygen atoms in total. The van der Waals surface area contributed by atoms with Gasteiger partial charge in [-0.25, -0.2) is 14.5 Å². The summed E-state index contributed by atoms with van der Waals surface area (Å²) in [5.41, 5.74) is 2.31. The Hall–Kier alpha value is -2.44. The van der Waals surface area contributed by atoms with Crippen LogP contribution in [-0.2, 0) is 16.1 Å². The molecule has 1 amide bonds. The maximum absolute atomic E-state index is 12.3. The molecular weight excluding hydrogens is 308 g/mol. The third kappa shape index (κ3) is 3.11. The second kappa shape index (κ2) is 6.59. The van der Waals surface area contributed by atoms with Gasteiger partial charge in [0.1, 0.15) is 6.54 Å². The first-order valence-electron chi connectivity index (χ1n) is 8.22. The minimum absolute atomic E-state index is 0.0748. The number of hydrogen-bond acceptors (Lipinski definition) is 5. The fourth-order valence-corrected chi connectivity index (χ4v) is 3.34. The van der Waals surface area contributed by atoms with E-state index in [1.807, 2.05) is 0 Å². The van der Waals surface area contributed by atoms with Crippen LogP contribution in [0.3, 0.4) is 0 Å². The van der Waals surface area contributed by atoms with Gasteiger partial charge in [0, 0.05) is 11.7 Å². The van der Waals surface area contributed by atoms with Crippen LogP contribution in [-0.4, -0.2) is 39.8 Å². The van der Waals surface area contributed by atoms with Gasteiger partial charge in [0.15, 0.2) is 5.65 Å². The molecule has 0 radical (unpaired) electrons. The Morgan fingerprint density at radius 3 is 2.71 bits per heavy atom. The molecule has 0 spiro atoms. The highest BCUT2D eigenvalue weighted by Gasteiger charge is 2.22. The first-order valence-corrected chi connectivity index (χ1v) is 8.22. The van der Waals surface area contributed by atoms with E-state index >= 15 is 0 Å². The zero-order chi connectivity index (χ0) is 17.3. The molecule has 2 heterocycles. The molecule has 1 aliphatic carbocycles. The maximum Gasteiger partial charge on any atom is 0.338 e. The van der Waals surface area contributed by atoms with E-state index in [0.29, 0.717) is 28.0 Å². The smallest absolute Gasteiger partial charge is 0.338 e. The van der Waals surface area contributed by atoms with Crippen molar-refractivity contribution in [1.29, 1.82) is 0 Å². The highest BCUT2D eigenvalue weighted by atomic mass is 16.5. The Labute approximate surface area is 140 Å². The highest BCUT2D eigenvalue weighted by Crippen LogP contribution is 2.23. The van der Waals surface area contributed by atoms with Crippen LogP contribution in [0.4, 0.5) is 0 Å². The van der Waals surface area contributed by atoms with Crippen molar-refractivity contribution in [3.63, 3.8) is 0 Å². The maximum atomic E-state index is 12.3. The standard InChI is InChI=1S/C17H22N4O3/c1-10-8-13(17(23)24-3)15-11(2)20-21(16(15)18-10)9-14(22)19-12-6-4-5-7-12/h8,12H,4-7,9H2,1-3H3,(H,19,22). The van der Waals surface area contributed by atoms with Crippen molar-refractivity contribution in [3.8, 4) is 0 Å². The number of pyridine rings is 1. The molecule has 128 valence electrons. The van der Waals surface area contributed by atoms with Crippen molar-refractivity contribution in [2.24, 2.45) is 0 Å². The van der Waals surface area contributed by atoms with Gasteiger partial charge in [-0.15, -0.1) is 0 Å². The van der Waals surface area contributed by atoms with Crippen molar-refractivity contribution >= 4 is 22.9 Å². The van der Waals surface area contributed by atoms with Crippen molar-refractivity contribution in [2.75, 3.05) is 7.11 Å². The molecule has 1 aliphatic rings. The first-order chi connectivity index (χ1) is 11.5. The summed E-state index contributed by atoms with van der Waals surface area (Å²) in [7, 11) is 1.35. The summed E-state index contributed by atoms with van der Waals surface area (Å²) in [5, 5.41) is 8.09. The first kappa shape index (κ1) is 16.4. The SMILES string of the molecule is COC(=O)c1cc(C)nc2c1c(C)nn2CC(=O)NC1CCCC1. The Kier molecular flexibility index (Phi) is 4.51. The molecule has 3 rings (SSSR count). The monoisotopic (exact) mass is 330 g/mol. The van der Waals surface area contributed by atoms with E-state index in [4.69, 9.17) is 4.74 Å². The number of hydrogen-bond donors (Lipinski definition) is 1. The zero-order valence-electron chi connectivity index (χ0n) is 14.3. The summed E-state index contributed by atoms with van der Waals surface area (Å²) in [6, 6.07) is 1.95. The molecule has 7 heteroatoms. The third-order valence-corrected chi connectivity index (χ3v) is 4.42. The number of rotatable bonds is 4. The Bertz CT molecular complexity index is 791. The van der Waals surface area contributed by atoms with Crippen LogP contribution in [0.2, 0.25) is 0 Å². The van der Waals surface area contributed by atoms with Crippen molar-refractivity contribution < 1.29 is 14.3 Å². The molecule has 0 saturated heterocycles. The zero-order valence-corrected chi connectivity index (χ0v) is 14.3. The minimum Gasteiger partial charge on any atom is -0.465 e. The lowest BCUT2D eigenvalue weighted by molar-refractivity contribution is -0.122. The molecule has 24 heavy (non-hydrogen) atoms. The second-order valence-electron chi connectivity index (χ2n) is 6.29. The van der Waals surface area contributed by atoms with Crippen molar-refractivity contribution in [3.05, 3.63) is 23.0 Å². The predicted molar refractivity (Wildman–Crippen MR) is 88.7 cm³/mol. The number of esters is 1. The van der Waals surface area contributed by atoms with Gasteiger partial charge in [-0.2, -0.15) is 5.10 Å². The largest absolute Gasteiger partial charge is 0.465 e. The van der Waals surface area contributed by atoms with Crippen LogP contribution < -0.4 is 5.32 Å². The van der Waals surface area contributed by atoms with Crippen molar-refractivity contribution in [2.45, 2.75) is 52.1 Å². The number of carbonyl (C=O) groups excluding carboxylic acids is 2. The second-order valence-corrected chi connectivity index (χ2v) is 6.29. The molecule has 0 aromatic carbocycles. The van der Waals surface area contributed by atoms with E-state index in [1.54, 1.807) is 24.6 Å². The lowest BCUT2D eigenvalue weighted by Gasteiger charge is -2.12. The van der Waals surface area contributed by atoms with Crippen LogP contribution in [0, 0.1) is 13.8 Å². The van der Waals surface area contributed by atoms with Crippen LogP contribution in [0.1, 0.15) is 47.4 Å². The van der Waals surface area contributed by atoms with Gasteiger partial charge in [0.2, 0.25) is 5.91 Å². The number of aromatic nitrogens is 3. The van der Waals surface area contributed by atoms with E-state index in [9.17, 15) is 9.59 Å². The number of ether oxygens (including phenoxy) is 1. The number of fused-ring (bicyclic) bond motifs is 1. The molecule has 2 aromatic heterocycles. The molecule has 0 unspecified atom stereocenters. The molecule has 1 saturated carbocycles. The summed E-state index contributed by atoms with van der Waals surface area (Å²) < 4.78 is 6.41. The minimum atomic E-state index is -0.427. The van der Waals surface area contributed by atoms with Gasteiger partial charge < -0.3 is 10.1 Å². The van der Waals surface area contributed by atoms with Gasteiger partial charge in [-0.1, -0.05) is 12.8 Å². The van der Waals surface area contributed by atoms with E-state index in [1.165, 1.54) is 7.11 Å². The average Bonchev–Trinajstić information content (AvgIpc) is 3.14. The van der Waals surface area contributed by atoms with Crippen LogP contribution in [0.15, 0.2) is 6.07 Å². The summed E-state index contributed by atoms with van der Waals surface area (Å²) in [6.07, 6.45) is 4.40. The highest BCUT2D eigenvalue weighted by molar-refractivity contribution is 6.04. The van der Waals surface area contributed by atoms with E-state index < -0.39 is 5.97 Å². The number of methoxy groups -OCH3 is 1. The van der Waals surface area contributed by atoms with E-state index in [0.717, 1.165) is 25.7 Å². The molecule has 0 aliphatic heterocycles. The van der Waals surface area contributed by atoms with Gasteiger partial charge in [0.05, 0.1) is 23.8 Å². The third-order valence-electron chi connectivity index (χ3n) is 4.42. The molecular formula is C17H22N4O3. The predicted octanol–water partition coefficient (Wildman–Crippen LogP) is 1.89. The fraction of sp³-hybridized carbons (Fsp3) is 0.529. The summed E-state index contributed by atoms with van der Waals surface area (Å²) in [5.74, 6) is -0.502. The molecule has 1 N–H and O–H groups in total. The number of nitrogens with zero attached hydrogens (tertiary/aromatic N) is 3. The van der Waals surface area contributed by atoms with Gasteiger partial charge >= 0.3 is 5.97 Å². The fourth-order valence-electron chi connectivity index (χ4n) is 3.34. The van der Waals surface area contributed by atoms with Crippen LogP contribution in [0.25, 0.3) is 11.0 Å². The van der Waals surface area contributed by atoms with Gasteiger partial charge in [-0.3, -0.25) is 4.79 Å². The van der Waals surface area contributed by atoms with Crippen LogP contribution >= 0.6 is 0 Å². The van der Waals surface area contributed by atoms with E-state index in [-0.39, 0.29) is 18.5 Å². The number of amides is 1. The Balaban J connectivity index is 1.92. The lowest BCUT2D eigenvalue weighted by Crippen LogP contribution is -2.35. The summed E-state index contributed by atoms with van der Waals surface area (Å²) in [4.78, 5) is 28.8. The normalized spacial score (nSPS) is 15.0. The average molecular weight is 330 g/mol. The van der Waals surface area contributed by atoms with Crippen molar-refractivity contribution in [1.82, 2.24) is 20.1 Å². The van der Waals surface area contributed by atoms with Crippen LogP contribution in [0.5, 0.6) is 0 Å².